The monoisotopic (exact) mass is 299 g/mol. The van der Waals surface area contributed by atoms with Gasteiger partial charge in [0, 0.05) is 33.8 Å². The molecule has 0 radical (unpaired) electrons. The minimum atomic E-state index is 0.732. The molecule has 118 valence electrons. The Morgan fingerprint density at radius 3 is 2.68 bits per heavy atom. The lowest BCUT2D eigenvalue weighted by Crippen LogP contribution is -2.28. The molecule has 1 heterocycles. The predicted molar refractivity (Wildman–Crippen MR) is 90.6 cm³/mol. The van der Waals surface area contributed by atoms with Crippen LogP contribution >= 0.6 is 0 Å². The summed E-state index contributed by atoms with van der Waals surface area (Å²) in [6, 6.07) is 12.5. The first-order valence-corrected chi connectivity index (χ1v) is 7.61. The number of hydrogen-bond acceptors (Lipinski definition) is 3. The number of benzene rings is 1. The molecule has 0 saturated carbocycles. The summed E-state index contributed by atoms with van der Waals surface area (Å²) in [7, 11) is 3.74. The lowest BCUT2D eigenvalue weighted by Gasteiger charge is -2.20. The Hall–Kier alpha value is -1.91. The maximum Gasteiger partial charge on any atom is 0.0597 e. The van der Waals surface area contributed by atoms with Gasteiger partial charge in [-0.3, -0.25) is 9.58 Å². The molecule has 0 amide bonds. The van der Waals surface area contributed by atoms with E-state index in [4.69, 9.17) is 4.74 Å². The van der Waals surface area contributed by atoms with Crippen molar-refractivity contribution in [2.75, 3.05) is 26.8 Å². The Kier molecular flexibility index (Phi) is 6.37. The first kappa shape index (κ1) is 16.5. The lowest BCUT2D eigenvalue weighted by atomic mass is 10.2. The number of aryl methyl sites for hydroxylation is 2. The van der Waals surface area contributed by atoms with Crippen LogP contribution in [0.2, 0.25) is 0 Å². The maximum atomic E-state index is 5.22. The smallest absolute Gasteiger partial charge is 0.0597 e. The summed E-state index contributed by atoms with van der Waals surface area (Å²) in [4.78, 5) is 2.36. The van der Waals surface area contributed by atoms with Gasteiger partial charge in [0.1, 0.15) is 0 Å². The van der Waals surface area contributed by atoms with E-state index in [2.05, 4.69) is 52.5 Å². The second-order valence-corrected chi connectivity index (χ2v) is 5.44. The Morgan fingerprint density at radius 1 is 1.27 bits per heavy atom. The van der Waals surface area contributed by atoms with Gasteiger partial charge in [-0.1, -0.05) is 42.5 Å². The number of methoxy groups -OCH3 is 1. The SMILES string of the molecule is COCCN(C/C=C/c1ccccc1)Cc1cc(C)nn1C. The van der Waals surface area contributed by atoms with E-state index in [1.165, 1.54) is 11.3 Å². The van der Waals surface area contributed by atoms with Crippen molar-refractivity contribution in [1.29, 1.82) is 0 Å². The van der Waals surface area contributed by atoms with E-state index in [0.29, 0.717) is 0 Å². The van der Waals surface area contributed by atoms with E-state index < -0.39 is 0 Å². The fraction of sp³-hybridized carbons (Fsp3) is 0.389. The Balaban J connectivity index is 1.96. The van der Waals surface area contributed by atoms with Crippen molar-refractivity contribution in [3.63, 3.8) is 0 Å². The van der Waals surface area contributed by atoms with Crippen LogP contribution in [0.25, 0.3) is 6.08 Å². The van der Waals surface area contributed by atoms with E-state index in [9.17, 15) is 0 Å². The summed E-state index contributed by atoms with van der Waals surface area (Å²) in [6.45, 7) is 5.43. The second-order valence-electron chi connectivity index (χ2n) is 5.44. The first-order chi connectivity index (χ1) is 10.7. The van der Waals surface area contributed by atoms with Crippen molar-refractivity contribution in [3.05, 3.63) is 59.4 Å². The van der Waals surface area contributed by atoms with Crippen LogP contribution in [-0.2, 0) is 18.3 Å². The summed E-state index contributed by atoms with van der Waals surface area (Å²) in [5.74, 6) is 0. The molecule has 0 bridgehead atoms. The fourth-order valence-electron chi connectivity index (χ4n) is 2.40. The number of ether oxygens (including phenoxy) is 1. The molecule has 0 aliphatic heterocycles. The highest BCUT2D eigenvalue weighted by Crippen LogP contribution is 2.07. The zero-order chi connectivity index (χ0) is 15.8. The van der Waals surface area contributed by atoms with E-state index >= 15 is 0 Å². The zero-order valence-electron chi connectivity index (χ0n) is 13.7. The first-order valence-electron chi connectivity index (χ1n) is 7.61. The van der Waals surface area contributed by atoms with Crippen molar-refractivity contribution in [1.82, 2.24) is 14.7 Å². The van der Waals surface area contributed by atoms with Crippen LogP contribution in [0, 0.1) is 6.92 Å². The normalized spacial score (nSPS) is 11.6. The van der Waals surface area contributed by atoms with Crippen LogP contribution in [0.5, 0.6) is 0 Å². The van der Waals surface area contributed by atoms with Gasteiger partial charge in [0.2, 0.25) is 0 Å². The quantitative estimate of drug-likeness (QED) is 0.751. The molecule has 2 aromatic rings. The average molecular weight is 299 g/mol. The van der Waals surface area contributed by atoms with Crippen molar-refractivity contribution < 1.29 is 4.74 Å². The highest BCUT2D eigenvalue weighted by molar-refractivity contribution is 5.48. The third kappa shape index (κ3) is 5.13. The van der Waals surface area contributed by atoms with Crippen molar-refractivity contribution in [2.24, 2.45) is 7.05 Å². The standard InChI is InChI=1S/C18H25N3O/c1-16-14-18(20(2)19-16)15-21(12-13-22-3)11-7-10-17-8-5-4-6-9-17/h4-10,14H,11-13,15H2,1-3H3/b10-7+. The third-order valence-electron chi connectivity index (χ3n) is 3.57. The van der Waals surface area contributed by atoms with Gasteiger partial charge >= 0.3 is 0 Å². The van der Waals surface area contributed by atoms with Gasteiger partial charge in [-0.05, 0) is 18.6 Å². The molecule has 22 heavy (non-hydrogen) atoms. The maximum absolute atomic E-state index is 5.22. The molecule has 0 atom stereocenters. The van der Waals surface area contributed by atoms with E-state index in [1.807, 2.05) is 24.7 Å². The fourth-order valence-corrected chi connectivity index (χ4v) is 2.40. The molecule has 0 unspecified atom stereocenters. The zero-order valence-corrected chi connectivity index (χ0v) is 13.7. The second kappa shape index (κ2) is 8.51. The van der Waals surface area contributed by atoms with Crippen molar-refractivity contribution in [2.45, 2.75) is 13.5 Å². The van der Waals surface area contributed by atoms with Gasteiger partial charge in [0.25, 0.3) is 0 Å². The van der Waals surface area contributed by atoms with Crippen LogP contribution in [0.4, 0.5) is 0 Å². The van der Waals surface area contributed by atoms with Crippen LogP contribution in [0.3, 0.4) is 0 Å². The van der Waals surface area contributed by atoms with E-state index in [0.717, 1.165) is 31.9 Å². The van der Waals surface area contributed by atoms with Crippen molar-refractivity contribution in [3.8, 4) is 0 Å². The molecule has 0 spiro atoms. The highest BCUT2D eigenvalue weighted by Gasteiger charge is 2.08. The van der Waals surface area contributed by atoms with Gasteiger partial charge in [0.05, 0.1) is 18.0 Å². The number of nitrogens with zero attached hydrogens (tertiary/aromatic N) is 3. The average Bonchev–Trinajstić information content (AvgIpc) is 2.83. The van der Waals surface area contributed by atoms with Crippen LogP contribution in [-0.4, -0.2) is 41.5 Å². The molecule has 2 rings (SSSR count). The Labute approximate surface area is 133 Å². The minimum Gasteiger partial charge on any atom is -0.383 e. The number of rotatable bonds is 8. The molecular weight excluding hydrogens is 274 g/mol. The molecule has 0 fully saturated rings. The minimum absolute atomic E-state index is 0.732. The molecule has 4 heteroatoms. The molecule has 0 saturated heterocycles. The predicted octanol–water partition coefficient (Wildman–Crippen LogP) is 2.89. The molecule has 0 N–H and O–H groups in total. The van der Waals surface area contributed by atoms with Gasteiger partial charge in [-0.2, -0.15) is 5.10 Å². The highest BCUT2D eigenvalue weighted by atomic mass is 16.5. The Bertz CT molecular complexity index is 590. The van der Waals surface area contributed by atoms with Crippen LogP contribution in [0.15, 0.2) is 42.5 Å². The van der Waals surface area contributed by atoms with E-state index in [1.54, 1.807) is 7.11 Å². The van der Waals surface area contributed by atoms with Crippen molar-refractivity contribution >= 4 is 6.08 Å². The lowest BCUT2D eigenvalue weighted by molar-refractivity contribution is 0.150. The molecule has 0 aliphatic rings. The van der Waals surface area contributed by atoms with Crippen LogP contribution < -0.4 is 0 Å². The number of hydrogen-bond donors (Lipinski definition) is 0. The van der Waals surface area contributed by atoms with E-state index in [-0.39, 0.29) is 0 Å². The topological polar surface area (TPSA) is 30.3 Å². The molecular formula is C18H25N3O. The summed E-state index contributed by atoms with van der Waals surface area (Å²) in [5, 5.41) is 4.41. The largest absolute Gasteiger partial charge is 0.383 e. The summed E-state index contributed by atoms with van der Waals surface area (Å²) in [6.07, 6.45) is 4.36. The molecule has 0 aliphatic carbocycles. The summed E-state index contributed by atoms with van der Waals surface area (Å²) >= 11 is 0. The molecule has 1 aromatic carbocycles. The molecule has 4 nitrogen and oxygen atoms in total. The third-order valence-corrected chi connectivity index (χ3v) is 3.57. The van der Waals surface area contributed by atoms with Gasteiger partial charge in [0.15, 0.2) is 0 Å². The Morgan fingerprint density at radius 2 is 2.05 bits per heavy atom. The summed E-state index contributed by atoms with van der Waals surface area (Å²) in [5.41, 5.74) is 3.51. The summed E-state index contributed by atoms with van der Waals surface area (Å²) < 4.78 is 7.18. The molecule has 1 aromatic heterocycles. The van der Waals surface area contributed by atoms with Crippen LogP contribution in [0.1, 0.15) is 17.0 Å². The van der Waals surface area contributed by atoms with Gasteiger partial charge in [-0.15, -0.1) is 0 Å². The van der Waals surface area contributed by atoms with Gasteiger partial charge < -0.3 is 4.74 Å². The number of aromatic nitrogens is 2. The van der Waals surface area contributed by atoms with Gasteiger partial charge in [-0.25, -0.2) is 0 Å².